The first-order valence-corrected chi connectivity index (χ1v) is 9.18. The predicted molar refractivity (Wildman–Crippen MR) is 93.1 cm³/mol. The van der Waals surface area contributed by atoms with Gasteiger partial charge in [-0.05, 0) is 37.0 Å². The van der Waals surface area contributed by atoms with E-state index in [0.29, 0.717) is 12.0 Å². The molecule has 2 atom stereocenters. The van der Waals surface area contributed by atoms with Crippen LogP contribution in [0.5, 0.6) is 0 Å². The second kappa shape index (κ2) is 6.78. The molecule has 1 aromatic heterocycles. The Labute approximate surface area is 159 Å². The van der Waals surface area contributed by atoms with Gasteiger partial charge in [-0.15, -0.1) is 0 Å². The highest BCUT2D eigenvalue weighted by Crippen LogP contribution is 2.43. The van der Waals surface area contributed by atoms with Crippen LogP contribution in [0.25, 0.3) is 0 Å². The Morgan fingerprint density at radius 3 is 2.89 bits per heavy atom. The second-order valence-corrected chi connectivity index (χ2v) is 7.40. The summed E-state index contributed by atoms with van der Waals surface area (Å²) in [4.78, 5) is 23.1. The van der Waals surface area contributed by atoms with Crippen LogP contribution < -0.4 is 0 Å². The van der Waals surface area contributed by atoms with Crippen molar-refractivity contribution in [1.82, 2.24) is 14.9 Å². The Bertz CT molecular complexity index is 887. The third kappa shape index (κ3) is 3.40. The van der Waals surface area contributed by atoms with Gasteiger partial charge < -0.3 is 4.90 Å². The van der Waals surface area contributed by atoms with Gasteiger partial charge in [-0.1, -0.05) is 17.7 Å². The maximum atomic E-state index is 13.0. The Hall–Kier alpha value is -2.15. The molecule has 1 amide bonds. The Morgan fingerprint density at radius 2 is 2.11 bits per heavy atom. The minimum absolute atomic E-state index is 0.0246. The van der Waals surface area contributed by atoms with Crippen LogP contribution in [0.1, 0.15) is 47.7 Å². The summed E-state index contributed by atoms with van der Waals surface area (Å²) in [5, 5.41) is -0.330. The molecule has 1 aromatic carbocycles. The maximum Gasteiger partial charge on any atom is 0.417 e. The van der Waals surface area contributed by atoms with Crippen LogP contribution >= 0.6 is 11.6 Å². The summed E-state index contributed by atoms with van der Waals surface area (Å²) in [6, 6.07) is 3.90. The average Bonchev–Trinajstić information content (AvgIpc) is 2.95. The number of benzene rings is 1. The van der Waals surface area contributed by atoms with Gasteiger partial charge in [0, 0.05) is 30.6 Å². The molecule has 0 aliphatic carbocycles. The van der Waals surface area contributed by atoms with Gasteiger partial charge in [0.25, 0.3) is 0 Å². The lowest BCUT2D eigenvalue weighted by Gasteiger charge is -2.35. The summed E-state index contributed by atoms with van der Waals surface area (Å²) in [6.07, 6.45) is 1.67. The number of nitrogens with zero attached hydrogens (tertiary/aromatic N) is 3. The summed E-state index contributed by atoms with van der Waals surface area (Å²) in [5.41, 5.74) is 1.57. The molecule has 0 saturated carbocycles. The van der Waals surface area contributed by atoms with E-state index in [1.165, 1.54) is 12.4 Å². The van der Waals surface area contributed by atoms with Crippen molar-refractivity contribution in [1.29, 1.82) is 0 Å². The van der Waals surface area contributed by atoms with Gasteiger partial charge in [-0.25, -0.2) is 9.97 Å². The highest BCUT2D eigenvalue weighted by molar-refractivity contribution is 6.31. The van der Waals surface area contributed by atoms with Crippen LogP contribution in [0.2, 0.25) is 5.02 Å². The van der Waals surface area contributed by atoms with Crippen LogP contribution in [0.4, 0.5) is 13.2 Å². The van der Waals surface area contributed by atoms with Crippen molar-refractivity contribution in [3.8, 4) is 0 Å². The molecule has 0 radical (unpaired) electrons. The third-order valence-corrected chi connectivity index (χ3v) is 5.70. The van der Waals surface area contributed by atoms with Crippen LogP contribution in [0.15, 0.2) is 30.7 Å². The topological polar surface area (TPSA) is 46.1 Å². The van der Waals surface area contributed by atoms with Gasteiger partial charge in [0.2, 0.25) is 5.91 Å². The summed E-state index contributed by atoms with van der Waals surface area (Å²) in [6.45, 7) is 0. The highest BCUT2D eigenvalue weighted by Gasteiger charge is 2.42. The molecule has 3 heterocycles. The van der Waals surface area contributed by atoms with E-state index in [2.05, 4.69) is 9.97 Å². The average molecular weight is 396 g/mol. The van der Waals surface area contributed by atoms with E-state index in [9.17, 15) is 18.0 Å². The molecule has 2 unspecified atom stereocenters. The number of carbonyl (C=O) groups is 1. The number of rotatable bonds is 3. The predicted octanol–water partition coefficient (Wildman–Crippen LogP) is 4.37. The molecule has 1 fully saturated rings. The first kappa shape index (κ1) is 18.2. The third-order valence-electron chi connectivity index (χ3n) is 5.37. The summed E-state index contributed by atoms with van der Waals surface area (Å²) in [5.74, 6) is -0.0412. The molecule has 142 valence electrons. The van der Waals surface area contributed by atoms with Gasteiger partial charge in [-0.3, -0.25) is 4.79 Å². The van der Waals surface area contributed by atoms with E-state index >= 15 is 0 Å². The van der Waals surface area contributed by atoms with Gasteiger partial charge in [0.05, 0.1) is 22.3 Å². The Morgan fingerprint density at radius 1 is 1.30 bits per heavy atom. The van der Waals surface area contributed by atoms with Crippen molar-refractivity contribution in [2.75, 3.05) is 0 Å². The number of hydrogen-bond donors (Lipinski definition) is 0. The minimum atomic E-state index is -4.51. The molecule has 2 aliphatic heterocycles. The lowest BCUT2D eigenvalue weighted by Crippen LogP contribution is -2.42. The molecule has 8 heteroatoms. The lowest BCUT2D eigenvalue weighted by molar-refractivity contribution is -0.137. The number of fused-ring (bicyclic) bond motifs is 4. The number of amides is 1. The number of aryl methyl sites for hydroxylation is 1. The zero-order valence-electron chi connectivity index (χ0n) is 14.3. The van der Waals surface area contributed by atoms with Crippen LogP contribution in [-0.4, -0.2) is 26.8 Å². The zero-order valence-corrected chi connectivity index (χ0v) is 15.1. The Kier molecular flexibility index (Phi) is 4.58. The molecule has 0 spiro atoms. The van der Waals surface area contributed by atoms with Crippen molar-refractivity contribution < 1.29 is 18.0 Å². The van der Waals surface area contributed by atoms with E-state index in [1.54, 1.807) is 12.3 Å². The fraction of sp³-hybridized carbons (Fsp3) is 0.421. The van der Waals surface area contributed by atoms with Gasteiger partial charge in [0.15, 0.2) is 0 Å². The van der Waals surface area contributed by atoms with Crippen LogP contribution in [-0.2, 0) is 23.8 Å². The molecular weight excluding hydrogens is 379 g/mol. The maximum absolute atomic E-state index is 13.0. The van der Waals surface area contributed by atoms with Gasteiger partial charge in [0.1, 0.15) is 6.33 Å². The largest absolute Gasteiger partial charge is 0.417 e. The smallest absolute Gasteiger partial charge is 0.332 e. The SMILES string of the molecule is O=C(CCc1ccc(Cl)c(C(F)(F)F)c1)N1C2CCC1c1cncnc1C2. The first-order valence-electron chi connectivity index (χ1n) is 8.80. The van der Waals surface area contributed by atoms with Crippen LogP contribution in [0.3, 0.4) is 0 Å². The highest BCUT2D eigenvalue weighted by atomic mass is 35.5. The number of alkyl halides is 3. The summed E-state index contributed by atoms with van der Waals surface area (Å²) >= 11 is 5.65. The fourth-order valence-electron chi connectivity index (χ4n) is 4.13. The van der Waals surface area contributed by atoms with E-state index in [-0.39, 0.29) is 35.9 Å². The van der Waals surface area contributed by atoms with E-state index < -0.39 is 11.7 Å². The number of halogens is 4. The zero-order chi connectivity index (χ0) is 19.2. The lowest BCUT2D eigenvalue weighted by atomic mass is 9.98. The quantitative estimate of drug-likeness (QED) is 0.775. The standard InChI is InChI=1S/C19H17ClF3N3O/c20-15-4-1-11(7-14(15)19(21,22)23)2-6-18(27)26-12-3-5-17(26)13-9-24-10-25-16(13)8-12/h1,4,7,9-10,12,17H,2-3,5-6,8H2. The molecule has 2 aromatic rings. The van der Waals surface area contributed by atoms with E-state index in [0.717, 1.165) is 30.2 Å². The number of hydrogen-bond acceptors (Lipinski definition) is 3. The van der Waals surface area contributed by atoms with E-state index in [1.807, 2.05) is 4.90 Å². The summed E-state index contributed by atoms with van der Waals surface area (Å²) < 4.78 is 39.0. The number of carbonyl (C=O) groups excluding carboxylic acids is 1. The molecule has 4 rings (SSSR count). The van der Waals surface area contributed by atoms with E-state index in [4.69, 9.17) is 11.6 Å². The molecule has 2 bridgehead atoms. The molecule has 4 nitrogen and oxygen atoms in total. The monoisotopic (exact) mass is 395 g/mol. The second-order valence-electron chi connectivity index (χ2n) is 6.99. The van der Waals surface area contributed by atoms with Gasteiger partial charge in [-0.2, -0.15) is 13.2 Å². The molecular formula is C19H17ClF3N3O. The minimum Gasteiger partial charge on any atom is -0.332 e. The van der Waals surface area contributed by atoms with Crippen molar-refractivity contribution >= 4 is 17.5 Å². The molecule has 0 N–H and O–H groups in total. The normalized spacial score (nSPS) is 21.3. The van der Waals surface area contributed by atoms with Crippen molar-refractivity contribution in [2.45, 2.75) is 50.4 Å². The van der Waals surface area contributed by atoms with Crippen LogP contribution in [0, 0.1) is 0 Å². The van der Waals surface area contributed by atoms with Crippen molar-refractivity contribution in [3.63, 3.8) is 0 Å². The summed E-state index contributed by atoms with van der Waals surface area (Å²) in [7, 11) is 0. The number of aromatic nitrogens is 2. The Balaban J connectivity index is 1.48. The molecule has 27 heavy (non-hydrogen) atoms. The van der Waals surface area contributed by atoms with Gasteiger partial charge >= 0.3 is 6.18 Å². The first-order chi connectivity index (χ1) is 12.8. The molecule has 2 aliphatic rings. The fourth-order valence-corrected chi connectivity index (χ4v) is 4.35. The van der Waals surface area contributed by atoms with Crippen molar-refractivity contribution in [2.24, 2.45) is 0 Å². The molecule has 1 saturated heterocycles. The van der Waals surface area contributed by atoms with Crippen molar-refractivity contribution in [3.05, 3.63) is 58.1 Å².